The summed E-state index contributed by atoms with van der Waals surface area (Å²) in [6.45, 7) is 5.79. The molecular weight excluding hydrogens is 316 g/mol. The SMILES string of the molecule is Cc1cc(OC(C)c2ccc(-c3nc(C4CC4)no3)cc2)nc(C)n1. The fourth-order valence-corrected chi connectivity index (χ4v) is 2.75. The van der Waals surface area contributed by atoms with Gasteiger partial charge < -0.3 is 9.26 Å². The summed E-state index contributed by atoms with van der Waals surface area (Å²) in [5.41, 5.74) is 2.87. The molecule has 1 aromatic carbocycles. The van der Waals surface area contributed by atoms with Crippen LogP contribution < -0.4 is 4.74 Å². The van der Waals surface area contributed by atoms with Crippen LogP contribution in [0, 0.1) is 13.8 Å². The van der Waals surface area contributed by atoms with Gasteiger partial charge in [0.05, 0.1) is 0 Å². The van der Waals surface area contributed by atoms with Gasteiger partial charge in [-0.2, -0.15) is 9.97 Å². The lowest BCUT2D eigenvalue weighted by atomic mass is 10.1. The molecule has 0 bridgehead atoms. The highest BCUT2D eigenvalue weighted by atomic mass is 16.5. The van der Waals surface area contributed by atoms with Crippen molar-refractivity contribution in [2.75, 3.05) is 0 Å². The number of benzene rings is 1. The average molecular weight is 336 g/mol. The lowest BCUT2D eigenvalue weighted by molar-refractivity contribution is 0.216. The Labute approximate surface area is 146 Å². The fourth-order valence-electron chi connectivity index (χ4n) is 2.75. The van der Waals surface area contributed by atoms with Crippen LogP contribution in [0.2, 0.25) is 0 Å². The zero-order valence-electron chi connectivity index (χ0n) is 14.6. The summed E-state index contributed by atoms with van der Waals surface area (Å²) in [5.74, 6) is 3.19. The third kappa shape index (κ3) is 3.52. The quantitative estimate of drug-likeness (QED) is 0.696. The summed E-state index contributed by atoms with van der Waals surface area (Å²) in [4.78, 5) is 13.1. The van der Waals surface area contributed by atoms with Crippen LogP contribution in [-0.4, -0.2) is 20.1 Å². The van der Waals surface area contributed by atoms with E-state index in [1.54, 1.807) is 0 Å². The van der Waals surface area contributed by atoms with E-state index in [9.17, 15) is 0 Å². The molecule has 6 heteroatoms. The van der Waals surface area contributed by atoms with Crippen LogP contribution in [-0.2, 0) is 0 Å². The molecule has 2 heterocycles. The van der Waals surface area contributed by atoms with E-state index in [0.29, 0.717) is 23.5 Å². The van der Waals surface area contributed by atoms with Gasteiger partial charge >= 0.3 is 0 Å². The first-order chi connectivity index (χ1) is 12.1. The molecule has 0 spiro atoms. The summed E-state index contributed by atoms with van der Waals surface area (Å²) in [6, 6.07) is 9.84. The van der Waals surface area contributed by atoms with E-state index >= 15 is 0 Å². The molecule has 4 rings (SSSR count). The van der Waals surface area contributed by atoms with Gasteiger partial charge in [-0.15, -0.1) is 0 Å². The van der Waals surface area contributed by atoms with Crippen molar-refractivity contribution < 1.29 is 9.26 Å². The van der Waals surface area contributed by atoms with Gasteiger partial charge in [0, 0.05) is 23.2 Å². The Morgan fingerprint density at radius 1 is 1.08 bits per heavy atom. The van der Waals surface area contributed by atoms with Crippen molar-refractivity contribution in [2.24, 2.45) is 0 Å². The first kappa shape index (κ1) is 15.7. The highest BCUT2D eigenvalue weighted by molar-refractivity contribution is 5.53. The second kappa shape index (κ2) is 6.27. The lowest BCUT2D eigenvalue weighted by Crippen LogP contribution is -2.05. The molecule has 1 fully saturated rings. The van der Waals surface area contributed by atoms with Gasteiger partial charge in [0.15, 0.2) is 5.82 Å². The van der Waals surface area contributed by atoms with Crippen LogP contribution in [0.5, 0.6) is 5.88 Å². The average Bonchev–Trinajstić information content (AvgIpc) is 3.31. The van der Waals surface area contributed by atoms with Crippen molar-refractivity contribution in [1.29, 1.82) is 0 Å². The van der Waals surface area contributed by atoms with Crippen molar-refractivity contribution >= 4 is 0 Å². The molecule has 0 N–H and O–H groups in total. The molecule has 1 unspecified atom stereocenters. The van der Waals surface area contributed by atoms with E-state index in [1.807, 2.05) is 51.1 Å². The zero-order valence-corrected chi connectivity index (χ0v) is 14.6. The Bertz CT molecular complexity index is 864. The largest absolute Gasteiger partial charge is 0.470 e. The number of ether oxygens (including phenoxy) is 1. The van der Waals surface area contributed by atoms with Crippen molar-refractivity contribution in [3.05, 3.63) is 53.2 Å². The molecule has 1 saturated carbocycles. The molecule has 3 aromatic rings. The highest BCUT2D eigenvalue weighted by Gasteiger charge is 2.29. The van der Waals surface area contributed by atoms with Gasteiger partial charge in [-0.3, -0.25) is 0 Å². The molecule has 0 saturated heterocycles. The maximum Gasteiger partial charge on any atom is 0.257 e. The summed E-state index contributed by atoms with van der Waals surface area (Å²) in [7, 11) is 0. The van der Waals surface area contributed by atoms with Crippen molar-refractivity contribution in [3.8, 4) is 17.3 Å². The Kier molecular flexibility index (Phi) is 3.95. The summed E-state index contributed by atoms with van der Waals surface area (Å²) in [5, 5.41) is 4.06. The van der Waals surface area contributed by atoms with Crippen LogP contribution in [0.3, 0.4) is 0 Å². The summed E-state index contributed by atoms with van der Waals surface area (Å²) >= 11 is 0. The Morgan fingerprint density at radius 3 is 2.52 bits per heavy atom. The van der Waals surface area contributed by atoms with Gasteiger partial charge in [-0.05, 0) is 51.3 Å². The first-order valence-corrected chi connectivity index (χ1v) is 8.51. The second-order valence-corrected chi connectivity index (χ2v) is 6.51. The predicted octanol–water partition coefficient (Wildman–Crippen LogP) is 4.16. The number of rotatable bonds is 5. The van der Waals surface area contributed by atoms with E-state index in [1.165, 1.54) is 0 Å². The smallest absolute Gasteiger partial charge is 0.257 e. The minimum atomic E-state index is -0.118. The van der Waals surface area contributed by atoms with E-state index < -0.39 is 0 Å². The third-order valence-electron chi connectivity index (χ3n) is 4.25. The molecular formula is C19H20N4O2. The monoisotopic (exact) mass is 336 g/mol. The van der Waals surface area contributed by atoms with Crippen molar-refractivity contribution in [3.63, 3.8) is 0 Å². The maximum absolute atomic E-state index is 5.95. The van der Waals surface area contributed by atoms with Crippen molar-refractivity contribution in [1.82, 2.24) is 20.1 Å². The molecule has 1 aliphatic rings. The van der Waals surface area contributed by atoms with Crippen LogP contribution in [0.4, 0.5) is 0 Å². The number of aryl methyl sites for hydroxylation is 2. The van der Waals surface area contributed by atoms with E-state index in [2.05, 4.69) is 20.1 Å². The normalized spacial score (nSPS) is 15.2. The van der Waals surface area contributed by atoms with Gasteiger partial charge in [0.1, 0.15) is 11.9 Å². The topological polar surface area (TPSA) is 73.9 Å². The molecule has 128 valence electrons. The van der Waals surface area contributed by atoms with Crippen LogP contribution >= 0.6 is 0 Å². The molecule has 0 amide bonds. The Balaban J connectivity index is 1.48. The third-order valence-corrected chi connectivity index (χ3v) is 4.25. The molecule has 0 radical (unpaired) electrons. The minimum Gasteiger partial charge on any atom is -0.470 e. The first-order valence-electron chi connectivity index (χ1n) is 8.51. The predicted molar refractivity (Wildman–Crippen MR) is 92.3 cm³/mol. The summed E-state index contributed by atoms with van der Waals surface area (Å²) < 4.78 is 11.3. The van der Waals surface area contributed by atoms with E-state index in [-0.39, 0.29) is 6.10 Å². The number of hydrogen-bond donors (Lipinski definition) is 0. The molecule has 0 aliphatic heterocycles. The van der Waals surface area contributed by atoms with Gasteiger partial charge in [0.2, 0.25) is 5.88 Å². The second-order valence-electron chi connectivity index (χ2n) is 6.51. The maximum atomic E-state index is 5.95. The van der Waals surface area contributed by atoms with Crippen LogP contribution in [0.1, 0.15) is 54.7 Å². The lowest BCUT2D eigenvalue weighted by Gasteiger charge is -2.15. The van der Waals surface area contributed by atoms with Gasteiger partial charge in [-0.25, -0.2) is 4.98 Å². The van der Waals surface area contributed by atoms with E-state index in [0.717, 1.165) is 35.5 Å². The van der Waals surface area contributed by atoms with Gasteiger partial charge in [0.25, 0.3) is 5.89 Å². The molecule has 1 atom stereocenters. The molecule has 2 aromatic heterocycles. The van der Waals surface area contributed by atoms with Crippen LogP contribution in [0.25, 0.3) is 11.5 Å². The number of hydrogen-bond acceptors (Lipinski definition) is 6. The highest BCUT2D eigenvalue weighted by Crippen LogP contribution is 2.38. The minimum absolute atomic E-state index is 0.118. The number of nitrogens with zero attached hydrogens (tertiary/aromatic N) is 4. The van der Waals surface area contributed by atoms with Crippen LogP contribution in [0.15, 0.2) is 34.9 Å². The van der Waals surface area contributed by atoms with Gasteiger partial charge in [-0.1, -0.05) is 17.3 Å². The standard InChI is InChI=1S/C19H20N4O2/c1-11-10-17(21-13(3)20-11)24-12(2)14-4-8-16(9-5-14)19-22-18(23-25-19)15-6-7-15/h4-5,8-10,12,15H,6-7H2,1-3H3. The zero-order chi connectivity index (χ0) is 17.4. The fraction of sp³-hybridized carbons (Fsp3) is 0.368. The molecule has 1 aliphatic carbocycles. The van der Waals surface area contributed by atoms with Crippen molar-refractivity contribution in [2.45, 2.75) is 45.6 Å². The number of aromatic nitrogens is 4. The summed E-state index contributed by atoms with van der Waals surface area (Å²) in [6.07, 6.45) is 2.20. The Morgan fingerprint density at radius 2 is 1.84 bits per heavy atom. The molecule has 25 heavy (non-hydrogen) atoms. The molecule has 6 nitrogen and oxygen atoms in total. The Hall–Kier alpha value is -2.76. The van der Waals surface area contributed by atoms with E-state index in [4.69, 9.17) is 9.26 Å².